The smallest absolute Gasteiger partial charge is 0.271 e. The van der Waals surface area contributed by atoms with Crippen molar-refractivity contribution in [3.05, 3.63) is 57.9 Å². The van der Waals surface area contributed by atoms with Gasteiger partial charge in [0.2, 0.25) is 0 Å². The van der Waals surface area contributed by atoms with Gasteiger partial charge in [0.05, 0.1) is 28.6 Å². The van der Waals surface area contributed by atoms with Gasteiger partial charge in [0.15, 0.2) is 0 Å². The van der Waals surface area contributed by atoms with E-state index in [4.69, 9.17) is 4.74 Å². The number of nitro groups is 1. The van der Waals surface area contributed by atoms with Crippen LogP contribution in [0.2, 0.25) is 0 Å². The number of hydrogen-bond acceptors (Lipinski definition) is 7. The zero-order valence-electron chi connectivity index (χ0n) is 12.6. The Hall–Kier alpha value is -3.21. The molecule has 2 aromatic rings. The first-order valence-corrected chi connectivity index (χ1v) is 8.00. The van der Waals surface area contributed by atoms with Gasteiger partial charge >= 0.3 is 0 Å². The van der Waals surface area contributed by atoms with Crippen LogP contribution in [-0.2, 0) is 10.0 Å². The standard InChI is InChI=1S/C14H11FN2O7S/c1-24-13-5-2-8(17(20)21)6-12(13)16-25(22,23)9-3-4-11(15)10(7-9)14(18)19/h2-7,16H,1H3,(H,18,19)/p-1. The van der Waals surface area contributed by atoms with Crippen LogP contribution in [0.1, 0.15) is 10.4 Å². The molecule has 0 unspecified atom stereocenters. The lowest BCUT2D eigenvalue weighted by molar-refractivity contribution is -0.384. The first kappa shape index (κ1) is 18.1. The highest BCUT2D eigenvalue weighted by atomic mass is 32.2. The number of benzene rings is 2. The van der Waals surface area contributed by atoms with E-state index < -0.39 is 42.9 Å². The van der Waals surface area contributed by atoms with Crippen molar-refractivity contribution < 1.29 is 32.4 Å². The van der Waals surface area contributed by atoms with Crippen molar-refractivity contribution in [1.29, 1.82) is 0 Å². The van der Waals surface area contributed by atoms with Gasteiger partial charge in [-0.1, -0.05) is 0 Å². The third kappa shape index (κ3) is 3.83. The predicted octanol–water partition coefficient (Wildman–Crippen LogP) is 0.907. The molecule has 132 valence electrons. The Morgan fingerprint density at radius 3 is 2.48 bits per heavy atom. The van der Waals surface area contributed by atoms with E-state index in [1.807, 2.05) is 4.72 Å². The second-order valence-electron chi connectivity index (χ2n) is 4.68. The molecule has 25 heavy (non-hydrogen) atoms. The number of non-ortho nitro benzene ring substituents is 1. The number of ether oxygens (including phenoxy) is 1. The van der Waals surface area contributed by atoms with Gasteiger partial charge in [0.1, 0.15) is 11.6 Å². The molecule has 0 atom stereocenters. The van der Waals surface area contributed by atoms with Crippen LogP contribution in [0, 0.1) is 15.9 Å². The summed E-state index contributed by atoms with van der Waals surface area (Å²) in [4.78, 5) is 20.3. The number of methoxy groups -OCH3 is 1. The molecule has 11 heteroatoms. The third-order valence-corrected chi connectivity index (χ3v) is 4.47. The molecule has 0 saturated carbocycles. The molecule has 0 spiro atoms. The fourth-order valence-electron chi connectivity index (χ4n) is 1.92. The Labute approximate surface area is 140 Å². The number of anilines is 1. The van der Waals surface area contributed by atoms with E-state index in [-0.39, 0.29) is 11.4 Å². The van der Waals surface area contributed by atoms with E-state index in [2.05, 4.69) is 0 Å². The number of nitrogens with zero attached hydrogens (tertiary/aromatic N) is 1. The van der Waals surface area contributed by atoms with Gasteiger partial charge in [0.25, 0.3) is 15.7 Å². The number of sulfonamides is 1. The molecule has 0 heterocycles. The minimum Gasteiger partial charge on any atom is -0.545 e. The molecule has 2 rings (SSSR count). The molecule has 0 aliphatic carbocycles. The number of nitrogens with one attached hydrogen (secondary N) is 1. The third-order valence-electron chi connectivity index (χ3n) is 3.11. The number of nitro benzene ring substituents is 1. The molecule has 0 radical (unpaired) electrons. The second kappa shape index (κ2) is 6.73. The summed E-state index contributed by atoms with van der Waals surface area (Å²) in [6.45, 7) is 0. The van der Waals surface area contributed by atoms with Crippen LogP contribution in [0.3, 0.4) is 0 Å². The molecule has 0 fully saturated rings. The maximum atomic E-state index is 13.4. The average molecular weight is 369 g/mol. The molecule has 0 aromatic heterocycles. The molecular formula is C14H10FN2O7S-. The van der Waals surface area contributed by atoms with E-state index in [1.165, 1.54) is 13.2 Å². The highest BCUT2D eigenvalue weighted by Gasteiger charge is 2.20. The second-order valence-corrected chi connectivity index (χ2v) is 6.36. The first-order valence-electron chi connectivity index (χ1n) is 6.52. The van der Waals surface area contributed by atoms with Crippen LogP contribution in [0.5, 0.6) is 5.75 Å². The number of carboxylic acids is 1. The molecule has 0 aliphatic heterocycles. The SMILES string of the molecule is COc1ccc([N+](=O)[O-])cc1NS(=O)(=O)c1ccc(F)c(C(=O)[O-])c1. The van der Waals surface area contributed by atoms with E-state index in [0.717, 1.165) is 18.2 Å². The fourth-order valence-corrected chi connectivity index (χ4v) is 3.01. The van der Waals surface area contributed by atoms with Crippen LogP contribution in [-0.4, -0.2) is 26.4 Å². The lowest BCUT2D eigenvalue weighted by Gasteiger charge is -2.13. The average Bonchev–Trinajstić information content (AvgIpc) is 2.54. The number of rotatable bonds is 6. The van der Waals surface area contributed by atoms with Crippen molar-refractivity contribution in [3.8, 4) is 5.75 Å². The van der Waals surface area contributed by atoms with Crippen LogP contribution in [0.4, 0.5) is 15.8 Å². The van der Waals surface area contributed by atoms with Crippen LogP contribution >= 0.6 is 0 Å². The number of carboxylic acid groups (broad SMARTS) is 1. The Morgan fingerprint density at radius 1 is 1.24 bits per heavy atom. The van der Waals surface area contributed by atoms with Crippen molar-refractivity contribution >= 4 is 27.4 Å². The van der Waals surface area contributed by atoms with Gasteiger partial charge in [-0.3, -0.25) is 14.8 Å². The van der Waals surface area contributed by atoms with Crippen molar-refractivity contribution in [2.45, 2.75) is 4.90 Å². The molecule has 9 nitrogen and oxygen atoms in total. The van der Waals surface area contributed by atoms with Crippen molar-refractivity contribution in [3.63, 3.8) is 0 Å². The molecular weight excluding hydrogens is 359 g/mol. The first-order chi connectivity index (χ1) is 11.7. The van der Waals surface area contributed by atoms with Crippen molar-refractivity contribution in [2.24, 2.45) is 0 Å². The van der Waals surface area contributed by atoms with Gasteiger partial charge in [-0.2, -0.15) is 0 Å². The van der Waals surface area contributed by atoms with Crippen LogP contribution in [0.25, 0.3) is 0 Å². The molecule has 1 N–H and O–H groups in total. The Balaban J connectivity index is 2.49. The number of hydrogen-bond donors (Lipinski definition) is 1. The maximum Gasteiger partial charge on any atom is 0.271 e. The van der Waals surface area contributed by atoms with Gasteiger partial charge in [0, 0.05) is 17.7 Å². The van der Waals surface area contributed by atoms with Crippen LogP contribution < -0.4 is 14.6 Å². The largest absolute Gasteiger partial charge is 0.545 e. The molecule has 0 saturated heterocycles. The number of aromatic carboxylic acids is 1. The Morgan fingerprint density at radius 2 is 1.92 bits per heavy atom. The lowest BCUT2D eigenvalue weighted by Crippen LogP contribution is -2.24. The summed E-state index contributed by atoms with van der Waals surface area (Å²) < 4.78 is 45.1. The highest BCUT2D eigenvalue weighted by Crippen LogP contribution is 2.31. The summed E-state index contributed by atoms with van der Waals surface area (Å²) in [5.41, 5.74) is -1.57. The van der Waals surface area contributed by atoms with Gasteiger partial charge in [-0.25, -0.2) is 12.8 Å². The fraction of sp³-hybridized carbons (Fsp3) is 0.0714. The van der Waals surface area contributed by atoms with E-state index in [0.29, 0.717) is 12.1 Å². The summed E-state index contributed by atoms with van der Waals surface area (Å²) in [5, 5.41) is 21.6. The van der Waals surface area contributed by atoms with Gasteiger partial charge in [-0.05, 0) is 24.3 Å². The van der Waals surface area contributed by atoms with E-state index >= 15 is 0 Å². The van der Waals surface area contributed by atoms with E-state index in [9.17, 15) is 32.8 Å². The normalized spacial score (nSPS) is 11.0. The summed E-state index contributed by atoms with van der Waals surface area (Å²) in [6, 6.07) is 5.31. The monoisotopic (exact) mass is 369 g/mol. The van der Waals surface area contributed by atoms with E-state index in [1.54, 1.807) is 0 Å². The zero-order chi connectivity index (χ0) is 18.8. The summed E-state index contributed by atoms with van der Waals surface area (Å²) in [6.07, 6.45) is 0. The molecule has 0 aliphatic rings. The Bertz CT molecular complexity index is 960. The zero-order valence-corrected chi connectivity index (χ0v) is 13.4. The topological polar surface area (TPSA) is 139 Å². The summed E-state index contributed by atoms with van der Waals surface area (Å²) in [7, 11) is -3.14. The number of carbonyl (C=O) groups is 1. The maximum absolute atomic E-state index is 13.4. The van der Waals surface area contributed by atoms with Gasteiger partial charge < -0.3 is 14.6 Å². The number of halogens is 1. The van der Waals surface area contributed by atoms with Crippen molar-refractivity contribution in [1.82, 2.24) is 0 Å². The quantitative estimate of drug-likeness (QED) is 0.589. The van der Waals surface area contributed by atoms with Crippen molar-refractivity contribution in [2.75, 3.05) is 11.8 Å². The highest BCUT2D eigenvalue weighted by molar-refractivity contribution is 7.92. The predicted molar refractivity (Wildman–Crippen MR) is 81.2 cm³/mol. The molecule has 0 amide bonds. The minimum atomic E-state index is -4.37. The van der Waals surface area contributed by atoms with Gasteiger partial charge in [-0.15, -0.1) is 0 Å². The minimum absolute atomic E-state index is 0.00332. The molecule has 2 aromatic carbocycles. The molecule has 0 bridgehead atoms. The Kier molecular flexibility index (Phi) is 4.88. The lowest BCUT2D eigenvalue weighted by atomic mass is 10.2. The summed E-state index contributed by atoms with van der Waals surface area (Å²) >= 11 is 0. The van der Waals surface area contributed by atoms with Crippen LogP contribution in [0.15, 0.2) is 41.3 Å². The number of carbonyl (C=O) groups excluding carboxylic acids is 1. The summed E-state index contributed by atoms with van der Waals surface area (Å²) in [5.74, 6) is -3.05.